The van der Waals surface area contributed by atoms with Crippen molar-refractivity contribution in [2.24, 2.45) is 47.3 Å². The summed E-state index contributed by atoms with van der Waals surface area (Å²) in [6, 6.07) is 5.86. The molecule has 258 valence electrons. The first kappa shape index (κ1) is 34.9. The van der Waals surface area contributed by atoms with Gasteiger partial charge in [0.15, 0.2) is 0 Å². The molecule has 0 radical (unpaired) electrons. The summed E-state index contributed by atoms with van der Waals surface area (Å²) in [5, 5.41) is 4.42. The summed E-state index contributed by atoms with van der Waals surface area (Å²) < 4.78 is 0. The smallest absolute Gasteiger partial charge is 0.0774 e. The Morgan fingerprint density at radius 1 is 0.500 bits per heavy atom. The number of rotatable bonds is 8. The fourth-order valence-electron chi connectivity index (χ4n) is 13.4. The summed E-state index contributed by atoms with van der Waals surface area (Å²) in [6.45, 7) is 31.3. The van der Waals surface area contributed by atoms with E-state index in [9.17, 15) is 0 Å². The van der Waals surface area contributed by atoms with Gasteiger partial charge in [0.25, 0.3) is 0 Å². The zero-order chi connectivity index (χ0) is 33.1. The van der Waals surface area contributed by atoms with Crippen LogP contribution in [0.25, 0.3) is 0 Å². The molecule has 8 bridgehead atoms. The van der Waals surface area contributed by atoms with Crippen molar-refractivity contribution in [3.05, 3.63) is 23.3 Å². The predicted molar refractivity (Wildman–Crippen MR) is 215 cm³/mol. The van der Waals surface area contributed by atoms with Crippen molar-refractivity contribution in [3.63, 3.8) is 0 Å². The summed E-state index contributed by atoms with van der Waals surface area (Å²) in [5.74, 6) is 8.73. The summed E-state index contributed by atoms with van der Waals surface area (Å²) >= 11 is 0. The van der Waals surface area contributed by atoms with Crippen LogP contribution in [0.4, 0.5) is 0 Å². The maximum absolute atomic E-state index is 2.95. The third-order valence-electron chi connectivity index (χ3n) is 14.4. The molecule has 0 unspecified atom stereocenters. The third-order valence-corrected chi connectivity index (χ3v) is 26.5. The van der Waals surface area contributed by atoms with Gasteiger partial charge < -0.3 is 0 Å². The molecule has 0 spiro atoms. The molecule has 46 heavy (non-hydrogen) atoms. The second-order valence-corrected chi connectivity index (χ2v) is 38.6. The monoisotopic (exact) mass is 694 g/mol. The van der Waals surface area contributed by atoms with Crippen molar-refractivity contribution in [2.45, 2.75) is 179 Å². The van der Waals surface area contributed by atoms with Crippen LogP contribution in [-0.2, 0) is 12.3 Å². The van der Waals surface area contributed by atoms with Crippen LogP contribution >= 0.6 is 15.8 Å². The van der Waals surface area contributed by atoms with Gasteiger partial charge in [-0.25, -0.2) is 0 Å². The average molecular weight is 695 g/mol. The minimum absolute atomic E-state index is 0.0139. The Morgan fingerprint density at radius 3 is 1.09 bits per heavy atom. The summed E-state index contributed by atoms with van der Waals surface area (Å²) in [6.07, 6.45) is 19.0. The van der Waals surface area contributed by atoms with Crippen LogP contribution in [0, 0.1) is 47.3 Å². The fraction of sp³-hybridized carbons (Fsp3) is 0.857. The lowest BCUT2D eigenvalue weighted by Crippen LogP contribution is -2.56. The number of hydrogen-bond acceptors (Lipinski definition) is 0. The van der Waals surface area contributed by atoms with Crippen molar-refractivity contribution < 1.29 is 0 Å². The molecule has 8 saturated carbocycles. The van der Waals surface area contributed by atoms with Gasteiger partial charge in [0.05, 0.1) is 16.1 Å². The van der Waals surface area contributed by atoms with E-state index in [1.54, 1.807) is 64.2 Å². The fourth-order valence-corrected chi connectivity index (χ4v) is 26.8. The van der Waals surface area contributed by atoms with Crippen molar-refractivity contribution >= 4 is 42.4 Å². The molecule has 1 aromatic carbocycles. The molecular weight excluding hydrogens is 623 g/mol. The van der Waals surface area contributed by atoms with E-state index in [2.05, 4.69) is 93.0 Å². The molecule has 0 saturated heterocycles. The second kappa shape index (κ2) is 12.0. The van der Waals surface area contributed by atoms with E-state index in [1.165, 1.54) is 12.3 Å². The topological polar surface area (TPSA) is 0 Å². The summed E-state index contributed by atoms with van der Waals surface area (Å²) in [7, 11) is -3.12. The molecule has 8 fully saturated rings. The normalized spacial score (nSPS) is 37.8. The summed E-state index contributed by atoms with van der Waals surface area (Å²) in [5.41, 5.74) is 5.90. The third kappa shape index (κ3) is 6.66. The van der Waals surface area contributed by atoms with E-state index in [1.807, 2.05) is 21.5 Å². The lowest BCUT2D eigenvalue weighted by atomic mass is 9.55. The van der Waals surface area contributed by atoms with E-state index >= 15 is 0 Å². The van der Waals surface area contributed by atoms with Crippen molar-refractivity contribution in [1.82, 2.24) is 0 Å². The van der Waals surface area contributed by atoms with Gasteiger partial charge in [-0.05, 0) is 157 Å². The first-order valence-corrected chi connectivity index (χ1v) is 30.1. The standard InChI is InChI=1S/C42H72P2Si2/c1-41(2,3)44(42(4,5)6)26-36-24-38(46(10,11)12)37(45(7,8)9)23-35(36)25-43(39-31-15-27-13-28(17-31)18-32(39)16-27)40-33-19-29-14-30(21-33)22-34(40)20-29/h23-24,27-34,39-40H,13-22,25-26H2,1-12H3. The molecule has 9 rings (SSSR count). The lowest BCUT2D eigenvalue weighted by molar-refractivity contribution is 0.0129. The highest BCUT2D eigenvalue weighted by molar-refractivity contribution is 7.60. The van der Waals surface area contributed by atoms with Gasteiger partial charge >= 0.3 is 0 Å². The van der Waals surface area contributed by atoms with Crippen LogP contribution in [0.15, 0.2) is 12.1 Å². The van der Waals surface area contributed by atoms with Gasteiger partial charge in [-0.15, -0.1) is 0 Å². The van der Waals surface area contributed by atoms with Crippen molar-refractivity contribution in [1.29, 1.82) is 0 Å². The van der Waals surface area contributed by atoms with Crippen molar-refractivity contribution in [3.8, 4) is 0 Å². The molecule has 0 atom stereocenters. The van der Waals surface area contributed by atoms with E-state index in [0.717, 1.165) is 58.7 Å². The van der Waals surface area contributed by atoms with Gasteiger partial charge in [-0.3, -0.25) is 0 Å². The minimum atomic E-state index is -1.49. The maximum Gasteiger partial charge on any atom is 0.0774 e. The molecule has 4 heteroatoms. The van der Waals surface area contributed by atoms with Crippen LogP contribution in [0.1, 0.15) is 117 Å². The molecule has 8 aliphatic rings. The summed E-state index contributed by atoms with van der Waals surface area (Å²) in [4.78, 5) is 0. The quantitative estimate of drug-likeness (QED) is 0.188. The molecule has 0 N–H and O–H groups in total. The second-order valence-electron chi connectivity index (χ2n) is 22.1. The SMILES string of the molecule is CC(C)(C)P(Cc1cc([Si](C)(C)C)c([Si](C)(C)C)cc1CP(C1C2CC3CC(C2)CC1C3)C1C2CC3CC(C2)CC1C3)C(C)(C)C. The van der Waals surface area contributed by atoms with Crippen LogP contribution in [0.5, 0.6) is 0 Å². The van der Waals surface area contributed by atoms with E-state index < -0.39 is 16.1 Å². The molecule has 0 amide bonds. The highest BCUT2D eigenvalue weighted by Gasteiger charge is 2.57. The first-order chi connectivity index (χ1) is 21.3. The molecule has 1 aromatic rings. The predicted octanol–water partition coefficient (Wildman–Crippen LogP) is 12.0. The molecule has 0 nitrogen and oxygen atoms in total. The van der Waals surface area contributed by atoms with Gasteiger partial charge in [-0.2, -0.15) is 0 Å². The molecular formula is C42H72P2Si2. The first-order valence-electron chi connectivity index (χ1n) is 20.0. The Balaban J connectivity index is 1.35. The van der Waals surface area contributed by atoms with Gasteiger partial charge in [0.1, 0.15) is 0 Å². The number of hydrogen-bond donors (Lipinski definition) is 0. The minimum Gasteiger partial charge on any atom is -0.0947 e. The highest BCUT2D eigenvalue weighted by atomic mass is 31.1. The van der Waals surface area contributed by atoms with E-state index in [0.29, 0.717) is 10.3 Å². The average Bonchev–Trinajstić information content (AvgIpc) is 2.88. The van der Waals surface area contributed by atoms with E-state index in [-0.39, 0.29) is 15.8 Å². The Bertz CT molecular complexity index is 1170. The maximum atomic E-state index is 2.95. The van der Waals surface area contributed by atoms with Gasteiger partial charge in [-0.1, -0.05) is 119 Å². The zero-order valence-corrected chi connectivity index (χ0v) is 36.1. The Labute approximate surface area is 290 Å². The van der Waals surface area contributed by atoms with Crippen LogP contribution in [0.2, 0.25) is 39.3 Å². The van der Waals surface area contributed by atoms with Crippen LogP contribution in [0.3, 0.4) is 0 Å². The highest BCUT2D eigenvalue weighted by Crippen LogP contribution is 2.72. The van der Waals surface area contributed by atoms with Gasteiger partial charge in [0.2, 0.25) is 0 Å². The van der Waals surface area contributed by atoms with E-state index in [4.69, 9.17) is 0 Å². The Kier molecular flexibility index (Phi) is 9.15. The van der Waals surface area contributed by atoms with Crippen LogP contribution in [-0.4, -0.2) is 37.8 Å². The molecule has 0 heterocycles. The number of benzene rings is 1. The Hall–Kier alpha value is 0.514. The Morgan fingerprint density at radius 2 is 0.804 bits per heavy atom. The zero-order valence-electron chi connectivity index (χ0n) is 32.3. The van der Waals surface area contributed by atoms with Gasteiger partial charge in [0, 0.05) is 0 Å². The largest absolute Gasteiger partial charge is 0.0947 e. The molecule has 0 aliphatic heterocycles. The molecule has 0 aromatic heterocycles. The molecule has 8 aliphatic carbocycles. The van der Waals surface area contributed by atoms with Crippen LogP contribution < -0.4 is 10.4 Å². The lowest BCUT2D eigenvalue weighted by Gasteiger charge is -2.62. The van der Waals surface area contributed by atoms with Crippen molar-refractivity contribution in [2.75, 3.05) is 0 Å².